The maximum atomic E-state index is 13.4. The topological polar surface area (TPSA) is 24.8 Å². The summed E-state index contributed by atoms with van der Waals surface area (Å²) in [5.74, 6) is 0.604. The molecule has 0 saturated carbocycles. The van der Waals surface area contributed by atoms with E-state index in [0.29, 0.717) is 0 Å². The van der Waals surface area contributed by atoms with Crippen LogP contribution >= 0.6 is 15.9 Å². The molecule has 27 heavy (non-hydrogen) atoms. The first kappa shape index (κ1) is 16.5. The first-order valence-electron chi connectivity index (χ1n) is 8.82. The molecule has 2 atom stereocenters. The predicted octanol–water partition coefficient (Wildman–Crippen LogP) is 5.83. The van der Waals surface area contributed by atoms with Crippen LogP contribution in [0.25, 0.3) is 0 Å². The van der Waals surface area contributed by atoms with Gasteiger partial charge in [-0.1, -0.05) is 58.4 Å². The van der Waals surface area contributed by atoms with E-state index in [1.807, 2.05) is 35.3 Å². The molecule has 2 aliphatic heterocycles. The van der Waals surface area contributed by atoms with Crippen LogP contribution in [0.2, 0.25) is 0 Å². The van der Waals surface area contributed by atoms with E-state index >= 15 is 0 Å². The smallest absolute Gasteiger partial charge is 0.213 e. The van der Waals surface area contributed by atoms with Crippen molar-refractivity contribution in [3.05, 3.63) is 99.8 Å². The number of rotatable bonds is 2. The van der Waals surface area contributed by atoms with Crippen molar-refractivity contribution >= 4 is 21.6 Å². The number of ether oxygens (including phenoxy) is 1. The Labute approximate surface area is 165 Å². The minimum absolute atomic E-state index is 0.101. The van der Waals surface area contributed by atoms with Crippen LogP contribution in [0.1, 0.15) is 35.4 Å². The van der Waals surface area contributed by atoms with E-state index in [1.165, 1.54) is 12.1 Å². The summed E-state index contributed by atoms with van der Waals surface area (Å²) >= 11 is 3.48. The number of hydrogen-bond acceptors (Lipinski definition) is 3. The molecule has 0 saturated heterocycles. The highest BCUT2D eigenvalue weighted by Gasteiger charge is 2.40. The van der Waals surface area contributed by atoms with E-state index in [2.05, 4.69) is 34.1 Å². The molecule has 3 aromatic carbocycles. The molecule has 0 amide bonds. The third kappa shape index (κ3) is 2.92. The van der Waals surface area contributed by atoms with Gasteiger partial charge < -0.3 is 4.74 Å². The summed E-state index contributed by atoms with van der Waals surface area (Å²) < 4.78 is 20.7. The molecule has 0 N–H and O–H groups in total. The Morgan fingerprint density at radius 1 is 0.963 bits per heavy atom. The molecular formula is C22H16BrFN2O. The fourth-order valence-corrected chi connectivity index (χ4v) is 3.96. The zero-order chi connectivity index (χ0) is 18.4. The van der Waals surface area contributed by atoms with Gasteiger partial charge in [0.2, 0.25) is 6.23 Å². The zero-order valence-corrected chi connectivity index (χ0v) is 15.9. The normalized spacial score (nSPS) is 20.5. The van der Waals surface area contributed by atoms with Crippen LogP contribution in [-0.2, 0) is 0 Å². The maximum Gasteiger partial charge on any atom is 0.213 e. The van der Waals surface area contributed by atoms with Crippen LogP contribution in [0.4, 0.5) is 4.39 Å². The van der Waals surface area contributed by atoms with Gasteiger partial charge in [-0.25, -0.2) is 9.40 Å². The lowest BCUT2D eigenvalue weighted by atomic mass is 9.96. The van der Waals surface area contributed by atoms with Crippen LogP contribution in [0.15, 0.2) is 82.4 Å². The first-order chi connectivity index (χ1) is 13.2. The van der Waals surface area contributed by atoms with Crippen molar-refractivity contribution in [2.45, 2.75) is 18.7 Å². The van der Waals surface area contributed by atoms with Crippen molar-refractivity contribution in [2.75, 3.05) is 0 Å². The number of hydrogen-bond donors (Lipinski definition) is 0. The van der Waals surface area contributed by atoms with E-state index in [4.69, 9.17) is 9.84 Å². The first-order valence-corrected chi connectivity index (χ1v) is 9.61. The van der Waals surface area contributed by atoms with E-state index < -0.39 is 0 Å². The summed E-state index contributed by atoms with van der Waals surface area (Å²) in [6.07, 6.45) is 0.429. The quantitative estimate of drug-likeness (QED) is 0.518. The van der Waals surface area contributed by atoms with Crippen LogP contribution in [0.5, 0.6) is 5.75 Å². The summed E-state index contributed by atoms with van der Waals surface area (Å²) in [6, 6.07) is 22.8. The molecule has 3 nitrogen and oxygen atoms in total. The molecule has 0 aromatic heterocycles. The predicted molar refractivity (Wildman–Crippen MR) is 106 cm³/mol. The molecule has 0 bridgehead atoms. The summed E-state index contributed by atoms with van der Waals surface area (Å²) in [5, 5.41) is 6.91. The number of benzene rings is 3. The number of hydrazone groups is 1. The molecule has 2 heterocycles. The average Bonchev–Trinajstić information content (AvgIpc) is 3.14. The van der Waals surface area contributed by atoms with Crippen molar-refractivity contribution in [3.63, 3.8) is 0 Å². The number of fused-ring (bicyclic) bond motifs is 3. The highest BCUT2D eigenvalue weighted by Crippen LogP contribution is 2.47. The van der Waals surface area contributed by atoms with E-state index in [9.17, 15) is 4.39 Å². The molecule has 134 valence electrons. The van der Waals surface area contributed by atoms with E-state index in [0.717, 1.165) is 39.0 Å². The van der Waals surface area contributed by atoms with Crippen LogP contribution < -0.4 is 4.74 Å². The van der Waals surface area contributed by atoms with Crippen LogP contribution in [0, 0.1) is 5.82 Å². The Bertz CT molecular complexity index is 1020. The standard InChI is InChI=1S/C22H16BrFN2O/c23-16-9-5-14(6-10-16)19-13-20-18-3-1-2-4-21(18)27-22(26(20)25-19)15-7-11-17(24)12-8-15/h1-12,20,22H,13H2/t20-,22+/m0/s1. The largest absolute Gasteiger partial charge is 0.464 e. The highest BCUT2D eigenvalue weighted by atomic mass is 79.9. The molecule has 5 heteroatoms. The molecule has 0 unspecified atom stereocenters. The third-order valence-electron chi connectivity index (χ3n) is 5.03. The molecule has 5 rings (SSSR count). The van der Waals surface area contributed by atoms with Gasteiger partial charge >= 0.3 is 0 Å². The second-order valence-corrected chi connectivity index (χ2v) is 7.63. The fourth-order valence-electron chi connectivity index (χ4n) is 3.70. The molecule has 0 spiro atoms. The number of para-hydroxylation sites is 1. The molecular weight excluding hydrogens is 407 g/mol. The lowest BCUT2D eigenvalue weighted by Gasteiger charge is -2.38. The average molecular weight is 423 g/mol. The SMILES string of the molecule is Fc1ccc([C@H]2Oc3ccccc3[C@@H]3CC(c4ccc(Br)cc4)=NN23)cc1. The van der Waals surface area contributed by atoms with Gasteiger partial charge in [0.15, 0.2) is 0 Å². The van der Waals surface area contributed by atoms with Gasteiger partial charge in [-0.3, -0.25) is 0 Å². The monoisotopic (exact) mass is 422 g/mol. The van der Waals surface area contributed by atoms with E-state index in [1.54, 1.807) is 12.1 Å². The second-order valence-electron chi connectivity index (χ2n) is 6.71. The van der Waals surface area contributed by atoms with E-state index in [-0.39, 0.29) is 18.1 Å². The van der Waals surface area contributed by atoms with Crippen molar-refractivity contribution in [2.24, 2.45) is 5.10 Å². The van der Waals surface area contributed by atoms with Gasteiger partial charge in [-0.05, 0) is 35.9 Å². The van der Waals surface area contributed by atoms with Crippen LogP contribution in [-0.4, -0.2) is 10.7 Å². The Kier molecular flexibility index (Phi) is 3.97. The Morgan fingerprint density at radius 3 is 2.48 bits per heavy atom. The van der Waals surface area contributed by atoms with Crippen molar-refractivity contribution in [1.82, 2.24) is 5.01 Å². The molecule has 0 fully saturated rings. The maximum absolute atomic E-state index is 13.4. The van der Waals surface area contributed by atoms with Gasteiger partial charge in [0.1, 0.15) is 11.6 Å². The Balaban J connectivity index is 1.58. The Hall–Kier alpha value is -2.66. The van der Waals surface area contributed by atoms with Gasteiger partial charge in [-0.15, -0.1) is 0 Å². The van der Waals surface area contributed by atoms with Crippen molar-refractivity contribution in [3.8, 4) is 5.75 Å². The summed E-state index contributed by atoms with van der Waals surface area (Å²) in [4.78, 5) is 0. The minimum atomic E-state index is -0.376. The summed E-state index contributed by atoms with van der Waals surface area (Å²) in [5.41, 5.74) is 4.14. The van der Waals surface area contributed by atoms with Gasteiger partial charge in [-0.2, -0.15) is 5.10 Å². The summed E-state index contributed by atoms with van der Waals surface area (Å²) in [6.45, 7) is 0. The summed E-state index contributed by atoms with van der Waals surface area (Å²) in [7, 11) is 0. The van der Waals surface area contributed by atoms with Crippen molar-refractivity contribution in [1.29, 1.82) is 0 Å². The zero-order valence-electron chi connectivity index (χ0n) is 14.3. The van der Waals surface area contributed by atoms with Gasteiger partial charge in [0.05, 0.1) is 11.8 Å². The Morgan fingerprint density at radius 2 is 1.70 bits per heavy atom. The minimum Gasteiger partial charge on any atom is -0.464 e. The lowest BCUT2D eigenvalue weighted by molar-refractivity contribution is -0.0190. The fraction of sp³-hybridized carbons (Fsp3) is 0.136. The number of halogens is 2. The molecule has 0 aliphatic carbocycles. The molecule has 3 aromatic rings. The highest BCUT2D eigenvalue weighted by molar-refractivity contribution is 9.10. The molecule has 0 radical (unpaired) electrons. The third-order valence-corrected chi connectivity index (χ3v) is 5.56. The van der Waals surface area contributed by atoms with Crippen molar-refractivity contribution < 1.29 is 9.13 Å². The van der Waals surface area contributed by atoms with Gasteiger partial charge in [0, 0.05) is 22.0 Å². The van der Waals surface area contributed by atoms with Gasteiger partial charge in [0.25, 0.3) is 0 Å². The second kappa shape index (κ2) is 6.50. The molecule has 2 aliphatic rings. The van der Waals surface area contributed by atoms with Crippen LogP contribution in [0.3, 0.4) is 0 Å². The lowest BCUT2D eigenvalue weighted by Crippen LogP contribution is -2.33. The number of nitrogens with zero attached hydrogens (tertiary/aromatic N) is 2.